The fourth-order valence-corrected chi connectivity index (χ4v) is 1.40. The third kappa shape index (κ3) is 11.3. The summed E-state index contributed by atoms with van der Waals surface area (Å²) in [5.41, 5.74) is 0. The van der Waals surface area contributed by atoms with E-state index in [9.17, 15) is 4.79 Å². The van der Waals surface area contributed by atoms with Crippen LogP contribution in [0.1, 0.15) is 65.2 Å². The van der Waals surface area contributed by atoms with Crippen molar-refractivity contribution in [3.05, 3.63) is 12.2 Å². The molecule has 0 aliphatic rings. The molecule has 0 unspecified atom stereocenters. The van der Waals surface area contributed by atoms with E-state index in [0.29, 0.717) is 13.0 Å². The zero-order chi connectivity index (χ0) is 12.1. The lowest BCUT2D eigenvalue weighted by Crippen LogP contribution is -2.05. The van der Waals surface area contributed by atoms with Crippen LogP contribution in [0, 0.1) is 0 Å². The Morgan fingerprint density at radius 2 is 1.88 bits per heavy atom. The van der Waals surface area contributed by atoms with Crippen molar-refractivity contribution in [2.75, 3.05) is 6.61 Å². The second-order valence-electron chi connectivity index (χ2n) is 4.05. The molecule has 0 bridgehead atoms. The molecule has 94 valence electrons. The van der Waals surface area contributed by atoms with Gasteiger partial charge in [-0.15, -0.1) is 0 Å². The van der Waals surface area contributed by atoms with Gasteiger partial charge in [-0.25, -0.2) is 0 Å². The molecule has 0 aliphatic heterocycles. The van der Waals surface area contributed by atoms with E-state index in [-0.39, 0.29) is 5.97 Å². The van der Waals surface area contributed by atoms with E-state index in [2.05, 4.69) is 26.0 Å². The van der Waals surface area contributed by atoms with Crippen LogP contribution < -0.4 is 0 Å². The van der Waals surface area contributed by atoms with E-state index >= 15 is 0 Å². The Morgan fingerprint density at radius 1 is 1.06 bits per heavy atom. The number of hydrogen-bond acceptors (Lipinski definition) is 2. The third-order valence-electron chi connectivity index (χ3n) is 2.42. The summed E-state index contributed by atoms with van der Waals surface area (Å²) in [4.78, 5) is 11.2. The molecule has 0 aromatic rings. The van der Waals surface area contributed by atoms with Crippen LogP contribution in [-0.4, -0.2) is 12.6 Å². The maximum atomic E-state index is 11.2. The number of hydrogen-bond donors (Lipinski definition) is 0. The molecule has 0 saturated carbocycles. The highest BCUT2D eigenvalue weighted by Gasteiger charge is 2.01. The number of unbranched alkanes of at least 4 members (excludes halogenated alkanes) is 4. The lowest BCUT2D eigenvalue weighted by atomic mass is 10.1. The number of carbonyl (C=O) groups is 1. The van der Waals surface area contributed by atoms with Gasteiger partial charge >= 0.3 is 5.97 Å². The Hall–Kier alpha value is -0.790. The SMILES string of the molecule is CCC=CCCCCCC(=O)OCCCC. The second kappa shape index (κ2) is 12.3. The van der Waals surface area contributed by atoms with Gasteiger partial charge in [0.2, 0.25) is 0 Å². The van der Waals surface area contributed by atoms with Crippen LogP contribution in [0.15, 0.2) is 12.2 Å². The van der Waals surface area contributed by atoms with Gasteiger partial charge < -0.3 is 4.74 Å². The number of rotatable bonds is 10. The van der Waals surface area contributed by atoms with Crippen molar-refractivity contribution in [1.29, 1.82) is 0 Å². The van der Waals surface area contributed by atoms with Crippen LogP contribution >= 0.6 is 0 Å². The summed E-state index contributed by atoms with van der Waals surface area (Å²) in [6.45, 7) is 4.83. The molecule has 0 spiro atoms. The Morgan fingerprint density at radius 3 is 2.56 bits per heavy atom. The molecule has 0 fully saturated rings. The van der Waals surface area contributed by atoms with Crippen LogP contribution in [0.3, 0.4) is 0 Å². The molecule has 2 heteroatoms. The van der Waals surface area contributed by atoms with Gasteiger partial charge in [-0.2, -0.15) is 0 Å². The number of esters is 1. The summed E-state index contributed by atoms with van der Waals surface area (Å²) in [6.07, 6.45) is 12.6. The average Bonchev–Trinajstić information content (AvgIpc) is 2.28. The van der Waals surface area contributed by atoms with E-state index in [1.807, 2.05) is 0 Å². The monoisotopic (exact) mass is 226 g/mol. The van der Waals surface area contributed by atoms with Crippen LogP contribution in [0.25, 0.3) is 0 Å². The maximum absolute atomic E-state index is 11.2. The highest BCUT2D eigenvalue weighted by molar-refractivity contribution is 5.69. The van der Waals surface area contributed by atoms with E-state index in [0.717, 1.165) is 38.5 Å². The van der Waals surface area contributed by atoms with Gasteiger partial charge in [-0.05, 0) is 32.1 Å². The lowest BCUT2D eigenvalue weighted by molar-refractivity contribution is -0.143. The molecule has 0 aromatic heterocycles. The molecule has 0 amide bonds. The zero-order valence-electron chi connectivity index (χ0n) is 10.8. The minimum Gasteiger partial charge on any atom is -0.466 e. The van der Waals surface area contributed by atoms with Gasteiger partial charge in [0.15, 0.2) is 0 Å². The van der Waals surface area contributed by atoms with Crippen molar-refractivity contribution >= 4 is 5.97 Å². The molecular weight excluding hydrogens is 200 g/mol. The van der Waals surface area contributed by atoms with Crippen LogP contribution in [-0.2, 0) is 9.53 Å². The molecular formula is C14H26O2. The van der Waals surface area contributed by atoms with E-state index in [4.69, 9.17) is 4.74 Å². The molecule has 16 heavy (non-hydrogen) atoms. The topological polar surface area (TPSA) is 26.3 Å². The molecule has 0 N–H and O–H groups in total. The molecule has 0 aromatic carbocycles. The van der Waals surface area contributed by atoms with E-state index in [1.165, 1.54) is 6.42 Å². The number of carbonyl (C=O) groups excluding carboxylic acids is 1. The predicted molar refractivity (Wildman–Crippen MR) is 68.4 cm³/mol. The largest absolute Gasteiger partial charge is 0.466 e. The summed E-state index contributed by atoms with van der Waals surface area (Å²) in [6, 6.07) is 0. The standard InChI is InChI=1S/C14H26O2/c1-3-5-7-8-9-10-11-12-14(15)16-13-6-4-2/h5,7H,3-4,6,8-13H2,1-2H3. The molecule has 0 aliphatic carbocycles. The number of allylic oxidation sites excluding steroid dienone is 2. The van der Waals surface area contributed by atoms with E-state index < -0.39 is 0 Å². The summed E-state index contributed by atoms with van der Waals surface area (Å²) >= 11 is 0. The highest BCUT2D eigenvalue weighted by Crippen LogP contribution is 2.05. The fraction of sp³-hybridized carbons (Fsp3) is 0.786. The first-order valence-corrected chi connectivity index (χ1v) is 6.61. The number of ether oxygens (including phenoxy) is 1. The Bertz CT molecular complexity index is 185. The second-order valence-corrected chi connectivity index (χ2v) is 4.05. The minimum absolute atomic E-state index is 0.0300. The normalized spacial score (nSPS) is 10.9. The zero-order valence-corrected chi connectivity index (χ0v) is 10.8. The molecule has 2 nitrogen and oxygen atoms in total. The van der Waals surface area contributed by atoms with Crippen LogP contribution in [0.4, 0.5) is 0 Å². The summed E-state index contributed by atoms with van der Waals surface area (Å²) < 4.78 is 5.07. The van der Waals surface area contributed by atoms with Gasteiger partial charge in [-0.3, -0.25) is 4.79 Å². The van der Waals surface area contributed by atoms with Crippen molar-refractivity contribution in [3.8, 4) is 0 Å². The van der Waals surface area contributed by atoms with Crippen molar-refractivity contribution in [1.82, 2.24) is 0 Å². The van der Waals surface area contributed by atoms with Gasteiger partial charge in [-0.1, -0.05) is 38.8 Å². The molecule has 0 radical (unpaired) electrons. The minimum atomic E-state index is -0.0300. The smallest absolute Gasteiger partial charge is 0.305 e. The quantitative estimate of drug-likeness (QED) is 0.316. The van der Waals surface area contributed by atoms with E-state index in [1.54, 1.807) is 0 Å². The molecule has 0 saturated heterocycles. The lowest BCUT2D eigenvalue weighted by Gasteiger charge is -2.03. The highest BCUT2D eigenvalue weighted by atomic mass is 16.5. The van der Waals surface area contributed by atoms with Gasteiger partial charge in [0.1, 0.15) is 0 Å². The Balaban J connectivity index is 3.18. The first-order chi connectivity index (χ1) is 7.81. The first-order valence-electron chi connectivity index (χ1n) is 6.61. The molecule has 0 atom stereocenters. The van der Waals surface area contributed by atoms with Crippen LogP contribution in [0.5, 0.6) is 0 Å². The van der Waals surface area contributed by atoms with Gasteiger partial charge in [0, 0.05) is 6.42 Å². The van der Waals surface area contributed by atoms with Gasteiger partial charge in [0.05, 0.1) is 6.61 Å². The maximum Gasteiger partial charge on any atom is 0.305 e. The van der Waals surface area contributed by atoms with Crippen molar-refractivity contribution in [3.63, 3.8) is 0 Å². The van der Waals surface area contributed by atoms with Crippen LogP contribution in [0.2, 0.25) is 0 Å². The fourth-order valence-electron chi connectivity index (χ4n) is 1.40. The predicted octanol–water partition coefficient (Wildman–Crippen LogP) is 4.25. The molecule has 0 rings (SSSR count). The van der Waals surface area contributed by atoms with Crippen molar-refractivity contribution in [2.45, 2.75) is 65.2 Å². The summed E-state index contributed by atoms with van der Waals surface area (Å²) in [7, 11) is 0. The third-order valence-corrected chi connectivity index (χ3v) is 2.42. The summed E-state index contributed by atoms with van der Waals surface area (Å²) in [5.74, 6) is -0.0300. The van der Waals surface area contributed by atoms with Gasteiger partial charge in [0.25, 0.3) is 0 Å². The average molecular weight is 226 g/mol. The Kier molecular flexibility index (Phi) is 11.7. The van der Waals surface area contributed by atoms with Crippen molar-refractivity contribution < 1.29 is 9.53 Å². The first kappa shape index (κ1) is 15.2. The molecule has 0 heterocycles. The van der Waals surface area contributed by atoms with Crippen molar-refractivity contribution in [2.24, 2.45) is 0 Å². The summed E-state index contributed by atoms with van der Waals surface area (Å²) in [5, 5.41) is 0. The Labute approximate surface area is 100 Å².